The summed E-state index contributed by atoms with van der Waals surface area (Å²) in [6.07, 6.45) is -0.139. The summed E-state index contributed by atoms with van der Waals surface area (Å²) in [7, 11) is 1.49. The Bertz CT molecular complexity index is 751. The van der Waals surface area contributed by atoms with Gasteiger partial charge in [0.15, 0.2) is 6.61 Å². The van der Waals surface area contributed by atoms with Crippen LogP contribution in [0.1, 0.15) is 20.3 Å². The number of carbonyl (C=O) groups is 4. The third kappa shape index (κ3) is 5.72. The van der Waals surface area contributed by atoms with E-state index in [4.69, 9.17) is 4.74 Å². The molecule has 152 valence electrons. The van der Waals surface area contributed by atoms with Gasteiger partial charge in [-0.05, 0) is 26.0 Å². The summed E-state index contributed by atoms with van der Waals surface area (Å²) >= 11 is 1.29. The van der Waals surface area contributed by atoms with Gasteiger partial charge in [-0.1, -0.05) is 12.1 Å². The number of hydrogen-bond acceptors (Lipinski definition) is 6. The molecule has 0 aliphatic carbocycles. The molecule has 1 atom stereocenters. The van der Waals surface area contributed by atoms with Crippen LogP contribution in [0.2, 0.25) is 0 Å². The van der Waals surface area contributed by atoms with E-state index in [9.17, 15) is 19.2 Å². The summed E-state index contributed by atoms with van der Waals surface area (Å²) in [5, 5.41) is 2.15. The second kappa shape index (κ2) is 10.1. The molecule has 9 heteroatoms. The lowest BCUT2D eigenvalue weighted by Gasteiger charge is -2.24. The molecule has 1 aromatic carbocycles. The van der Waals surface area contributed by atoms with E-state index in [1.807, 2.05) is 32.0 Å². The lowest BCUT2D eigenvalue weighted by Crippen LogP contribution is -2.42. The van der Waals surface area contributed by atoms with Crippen molar-refractivity contribution in [1.82, 2.24) is 9.80 Å². The van der Waals surface area contributed by atoms with E-state index in [-0.39, 0.29) is 24.8 Å². The highest BCUT2D eigenvalue weighted by molar-refractivity contribution is 8.01. The molecule has 8 nitrogen and oxygen atoms in total. The van der Waals surface area contributed by atoms with E-state index in [2.05, 4.69) is 5.32 Å². The van der Waals surface area contributed by atoms with Crippen molar-refractivity contribution in [3.8, 4) is 0 Å². The number of fused-ring (bicyclic) bond motifs is 1. The highest BCUT2D eigenvalue weighted by Gasteiger charge is 2.29. The summed E-state index contributed by atoms with van der Waals surface area (Å²) < 4.78 is 5.01. The molecule has 28 heavy (non-hydrogen) atoms. The fraction of sp³-hybridized carbons (Fsp3) is 0.474. The number of benzene rings is 1. The van der Waals surface area contributed by atoms with Crippen LogP contribution in [-0.2, 0) is 23.9 Å². The number of esters is 1. The Labute approximate surface area is 168 Å². The molecule has 2 rings (SSSR count). The molecule has 0 aromatic heterocycles. The Morgan fingerprint density at radius 3 is 2.50 bits per heavy atom. The van der Waals surface area contributed by atoms with E-state index in [0.29, 0.717) is 13.1 Å². The number of para-hydroxylation sites is 1. The molecule has 0 saturated carbocycles. The summed E-state index contributed by atoms with van der Waals surface area (Å²) in [6, 6.07) is 7.33. The molecular weight excluding hydrogens is 382 g/mol. The molecule has 0 radical (unpaired) electrons. The topological polar surface area (TPSA) is 96.0 Å². The molecule has 1 heterocycles. The third-order valence-electron chi connectivity index (χ3n) is 4.33. The minimum atomic E-state index is -0.635. The minimum Gasteiger partial charge on any atom is -0.456 e. The number of likely N-dealkylation sites (N-methyl/N-ethyl adjacent to an activating group) is 2. The van der Waals surface area contributed by atoms with Crippen LogP contribution in [0.5, 0.6) is 0 Å². The van der Waals surface area contributed by atoms with Crippen molar-refractivity contribution in [2.75, 3.05) is 38.6 Å². The number of anilines is 1. The lowest BCUT2D eigenvalue weighted by molar-refractivity contribution is -0.152. The molecular formula is C19H25N3O5S. The van der Waals surface area contributed by atoms with E-state index < -0.39 is 23.7 Å². The first kappa shape index (κ1) is 21.7. The Morgan fingerprint density at radius 2 is 1.82 bits per heavy atom. The van der Waals surface area contributed by atoms with Gasteiger partial charge in [-0.3, -0.25) is 19.2 Å². The first-order chi connectivity index (χ1) is 13.3. The van der Waals surface area contributed by atoms with Crippen molar-refractivity contribution in [1.29, 1.82) is 0 Å². The highest BCUT2D eigenvalue weighted by atomic mass is 32.2. The van der Waals surface area contributed by atoms with Gasteiger partial charge in [-0.25, -0.2) is 0 Å². The van der Waals surface area contributed by atoms with Crippen LogP contribution in [0.15, 0.2) is 29.2 Å². The maximum Gasteiger partial charge on any atom is 0.307 e. The van der Waals surface area contributed by atoms with Crippen LogP contribution < -0.4 is 5.32 Å². The molecule has 0 bridgehead atoms. The second-order valence-electron chi connectivity index (χ2n) is 6.27. The van der Waals surface area contributed by atoms with Crippen LogP contribution in [0, 0.1) is 0 Å². The standard InChI is InChI=1S/C19H25N3O5S/c1-4-22(5-2)16(23)11-21(3)17(24)12-27-18(25)10-15-19(26)20-13-8-6-7-9-14(13)28-15/h6-9,15H,4-5,10-12H2,1-3H3,(H,20,26)/t15-/m0/s1. The molecule has 3 amide bonds. The molecule has 1 aromatic rings. The molecule has 0 unspecified atom stereocenters. The van der Waals surface area contributed by atoms with Crippen molar-refractivity contribution >= 4 is 41.1 Å². The molecule has 1 aliphatic heterocycles. The number of carbonyl (C=O) groups excluding carboxylic acids is 4. The largest absolute Gasteiger partial charge is 0.456 e. The fourth-order valence-electron chi connectivity index (χ4n) is 2.66. The summed E-state index contributed by atoms with van der Waals surface area (Å²) in [5.74, 6) is -1.54. The molecule has 1 aliphatic rings. The van der Waals surface area contributed by atoms with Crippen molar-refractivity contribution in [2.24, 2.45) is 0 Å². The Balaban J connectivity index is 1.80. The van der Waals surface area contributed by atoms with Gasteiger partial charge >= 0.3 is 5.97 Å². The van der Waals surface area contributed by atoms with Crippen LogP contribution in [0.3, 0.4) is 0 Å². The van der Waals surface area contributed by atoms with E-state index in [0.717, 1.165) is 10.6 Å². The first-order valence-corrected chi connectivity index (χ1v) is 9.97. The van der Waals surface area contributed by atoms with Crippen molar-refractivity contribution in [3.63, 3.8) is 0 Å². The number of nitrogens with one attached hydrogen (secondary N) is 1. The van der Waals surface area contributed by atoms with E-state index in [1.165, 1.54) is 23.7 Å². The van der Waals surface area contributed by atoms with Gasteiger partial charge in [0, 0.05) is 25.0 Å². The van der Waals surface area contributed by atoms with Gasteiger partial charge in [0.1, 0.15) is 0 Å². The van der Waals surface area contributed by atoms with Gasteiger partial charge in [0.25, 0.3) is 5.91 Å². The Hall–Kier alpha value is -2.55. The van der Waals surface area contributed by atoms with Crippen molar-refractivity contribution in [2.45, 2.75) is 30.4 Å². The first-order valence-electron chi connectivity index (χ1n) is 9.09. The monoisotopic (exact) mass is 407 g/mol. The van der Waals surface area contributed by atoms with Crippen molar-refractivity contribution < 1.29 is 23.9 Å². The Morgan fingerprint density at radius 1 is 1.14 bits per heavy atom. The predicted molar refractivity (Wildman–Crippen MR) is 106 cm³/mol. The van der Waals surface area contributed by atoms with E-state index in [1.54, 1.807) is 11.0 Å². The number of amides is 3. The summed E-state index contributed by atoms with van der Waals surface area (Å²) in [4.78, 5) is 52.0. The fourth-order valence-corrected chi connectivity index (χ4v) is 3.75. The predicted octanol–water partition coefficient (Wildman–Crippen LogP) is 1.36. The third-order valence-corrected chi connectivity index (χ3v) is 5.60. The quantitative estimate of drug-likeness (QED) is 0.654. The van der Waals surface area contributed by atoms with Crippen molar-refractivity contribution in [3.05, 3.63) is 24.3 Å². The average molecular weight is 407 g/mol. The SMILES string of the molecule is CCN(CC)C(=O)CN(C)C(=O)COC(=O)C[C@@H]1Sc2ccccc2NC1=O. The molecule has 0 spiro atoms. The number of hydrogen-bond donors (Lipinski definition) is 1. The maximum absolute atomic E-state index is 12.1. The van der Waals surface area contributed by atoms with Crippen LogP contribution >= 0.6 is 11.8 Å². The highest BCUT2D eigenvalue weighted by Crippen LogP contribution is 2.36. The zero-order valence-electron chi connectivity index (χ0n) is 16.3. The number of ether oxygens (including phenoxy) is 1. The number of rotatable bonds is 8. The summed E-state index contributed by atoms with van der Waals surface area (Å²) in [6.45, 7) is 4.32. The van der Waals surface area contributed by atoms with Gasteiger partial charge in [-0.2, -0.15) is 0 Å². The average Bonchev–Trinajstić information content (AvgIpc) is 2.67. The Kier molecular flexibility index (Phi) is 7.86. The second-order valence-corrected chi connectivity index (χ2v) is 7.52. The maximum atomic E-state index is 12.1. The van der Waals surface area contributed by atoms with Gasteiger partial charge in [0.05, 0.1) is 23.9 Å². The van der Waals surface area contributed by atoms with Gasteiger partial charge in [0.2, 0.25) is 11.8 Å². The van der Waals surface area contributed by atoms with Crippen LogP contribution in [-0.4, -0.2) is 72.0 Å². The number of thioether (sulfide) groups is 1. The minimum absolute atomic E-state index is 0.0737. The molecule has 1 N–H and O–H groups in total. The van der Waals surface area contributed by atoms with Gasteiger partial charge < -0.3 is 19.9 Å². The zero-order valence-corrected chi connectivity index (χ0v) is 17.1. The lowest BCUT2D eigenvalue weighted by atomic mass is 10.2. The molecule has 0 saturated heterocycles. The summed E-state index contributed by atoms with van der Waals surface area (Å²) in [5.41, 5.74) is 0.719. The van der Waals surface area contributed by atoms with Crippen LogP contribution in [0.25, 0.3) is 0 Å². The molecule has 0 fully saturated rings. The smallest absolute Gasteiger partial charge is 0.307 e. The normalized spacial score (nSPS) is 15.2. The van der Waals surface area contributed by atoms with Crippen LogP contribution in [0.4, 0.5) is 5.69 Å². The van der Waals surface area contributed by atoms with Gasteiger partial charge in [-0.15, -0.1) is 11.8 Å². The van der Waals surface area contributed by atoms with E-state index >= 15 is 0 Å². The number of nitrogens with zero attached hydrogens (tertiary/aromatic N) is 2. The zero-order chi connectivity index (χ0) is 20.7.